The first-order chi connectivity index (χ1) is 30.2. The highest BCUT2D eigenvalue weighted by atomic mass is 16.4. The molecule has 2 heterocycles. The van der Waals surface area contributed by atoms with E-state index in [9.17, 15) is 0 Å². The summed E-state index contributed by atoms with van der Waals surface area (Å²) in [6, 6.07) is 77.7. The first-order valence-electron chi connectivity index (χ1n) is 20.6. The largest absolute Gasteiger partial charge is 0.436 e. The van der Waals surface area contributed by atoms with Crippen LogP contribution in [0.1, 0.15) is 22.3 Å². The van der Waals surface area contributed by atoms with Crippen molar-refractivity contribution in [3.63, 3.8) is 0 Å². The van der Waals surface area contributed by atoms with Gasteiger partial charge in [-0.1, -0.05) is 146 Å². The van der Waals surface area contributed by atoms with Gasteiger partial charge in [-0.25, -0.2) is 9.97 Å². The fourth-order valence-corrected chi connectivity index (χ4v) is 9.35. The monoisotopic (exact) mass is 780 g/mol. The molecular weight excluding hydrogens is 745 g/mol. The minimum atomic E-state index is -0.494. The van der Waals surface area contributed by atoms with Crippen molar-refractivity contribution in [1.29, 1.82) is 0 Å². The van der Waals surface area contributed by atoms with E-state index in [4.69, 9.17) is 18.8 Å². The van der Waals surface area contributed by atoms with E-state index < -0.39 is 5.41 Å². The number of para-hydroxylation sites is 4. The lowest BCUT2D eigenvalue weighted by Crippen LogP contribution is -2.28. The fourth-order valence-electron chi connectivity index (χ4n) is 9.35. The van der Waals surface area contributed by atoms with Gasteiger partial charge >= 0.3 is 0 Å². The Morgan fingerprint density at radius 3 is 1.23 bits per heavy atom. The van der Waals surface area contributed by atoms with Crippen molar-refractivity contribution in [3.8, 4) is 67.4 Å². The molecule has 11 aromatic rings. The van der Waals surface area contributed by atoms with Crippen molar-refractivity contribution in [2.24, 2.45) is 0 Å². The Morgan fingerprint density at radius 1 is 0.295 bits per heavy atom. The SMILES string of the molecule is c1ccc(C2(c3ccccc3)c3ccccc3-c3ccc(-c4cc(-c5ccc(-c6nc7ccccc7o6)cc5)cc(-c5ccc(-c6nc7ccccc7o6)cc5)c4)cc32)cc1. The second-order valence-corrected chi connectivity index (χ2v) is 15.7. The molecule has 0 bridgehead atoms. The van der Waals surface area contributed by atoms with Crippen LogP contribution in [0.4, 0.5) is 0 Å². The molecule has 286 valence electrons. The summed E-state index contributed by atoms with van der Waals surface area (Å²) in [6.45, 7) is 0. The van der Waals surface area contributed by atoms with Crippen LogP contribution in [-0.4, -0.2) is 9.97 Å². The average molecular weight is 781 g/mol. The molecule has 61 heavy (non-hydrogen) atoms. The number of benzene rings is 9. The van der Waals surface area contributed by atoms with Crippen molar-refractivity contribution in [1.82, 2.24) is 9.97 Å². The van der Waals surface area contributed by atoms with E-state index in [2.05, 4.69) is 170 Å². The van der Waals surface area contributed by atoms with Crippen LogP contribution >= 0.6 is 0 Å². The number of oxazole rings is 2. The van der Waals surface area contributed by atoms with Crippen LogP contribution in [0.3, 0.4) is 0 Å². The summed E-state index contributed by atoms with van der Waals surface area (Å²) in [5, 5.41) is 0. The second-order valence-electron chi connectivity index (χ2n) is 15.7. The van der Waals surface area contributed by atoms with Crippen LogP contribution in [0.2, 0.25) is 0 Å². The number of fused-ring (bicyclic) bond motifs is 5. The van der Waals surface area contributed by atoms with E-state index in [0.717, 1.165) is 66.7 Å². The van der Waals surface area contributed by atoms with Gasteiger partial charge in [-0.05, 0) is 140 Å². The van der Waals surface area contributed by atoms with E-state index in [1.165, 1.54) is 33.4 Å². The molecule has 0 saturated carbocycles. The zero-order chi connectivity index (χ0) is 40.3. The molecule has 9 aromatic carbocycles. The topological polar surface area (TPSA) is 52.1 Å². The first kappa shape index (κ1) is 34.9. The summed E-state index contributed by atoms with van der Waals surface area (Å²) in [5.41, 5.74) is 18.9. The van der Waals surface area contributed by atoms with Gasteiger partial charge in [0.2, 0.25) is 11.8 Å². The smallest absolute Gasteiger partial charge is 0.227 e. The molecule has 4 nitrogen and oxygen atoms in total. The Hall–Kier alpha value is -8.08. The van der Waals surface area contributed by atoms with Crippen LogP contribution in [0.25, 0.3) is 89.6 Å². The van der Waals surface area contributed by atoms with Crippen molar-refractivity contribution >= 4 is 22.2 Å². The van der Waals surface area contributed by atoms with Gasteiger partial charge in [0, 0.05) is 11.1 Å². The van der Waals surface area contributed by atoms with E-state index >= 15 is 0 Å². The lowest BCUT2D eigenvalue weighted by Gasteiger charge is -2.34. The highest BCUT2D eigenvalue weighted by molar-refractivity contribution is 5.90. The Bertz CT molecular complexity index is 3160. The van der Waals surface area contributed by atoms with Gasteiger partial charge in [-0.2, -0.15) is 0 Å². The number of rotatable bonds is 7. The molecule has 0 radical (unpaired) electrons. The normalized spacial score (nSPS) is 12.7. The van der Waals surface area contributed by atoms with Gasteiger partial charge < -0.3 is 8.83 Å². The summed E-state index contributed by atoms with van der Waals surface area (Å²) >= 11 is 0. The van der Waals surface area contributed by atoms with Crippen LogP contribution in [0, 0.1) is 0 Å². The second kappa shape index (κ2) is 14.0. The Balaban J connectivity index is 1.02. The average Bonchev–Trinajstić information content (AvgIpc) is 4.05. The lowest BCUT2D eigenvalue weighted by atomic mass is 9.67. The van der Waals surface area contributed by atoms with Gasteiger partial charge in [-0.3, -0.25) is 0 Å². The molecule has 1 aliphatic carbocycles. The summed E-state index contributed by atoms with van der Waals surface area (Å²) in [5.74, 6) is 1.22. The van der Waals surface area contributed by atoms with Crippen molar-refractivity contribution in [2.75, 3.05) is 0 Å². The number of hydrogen-bond acceptors (Lipinski definition) is 4. The summed E-state index contributed by atoms with van der Waals surface area (Å²) in [6.07, 6.45) is 0. The maximum Gasteiger partial charge on any atom is 0.227 e. The maximum absolute atomic E-state index is 6.13. The predicted molar refractivity (Wildman–Crippen MR) is 246 cm³/mol. The van der Waals surface area contributed by atoms with E-state index in [1.54, 1.807) is 0 Å². The van der Waals surface area contributed by atoms with Gasteiger partial charge in [0.25, 0.3) is 0 Å². The van der Waals surface area contributed by atoms with Gasteiger partial charge in [0.15, 0.2) is 11.2 Å². The Morgan fingerprint density at radius 2 is 0.705 bits per heavy atom. The molecule has 0 atom stereocenters. The third-order valence-electron chi connectivity index (χ3n) is 12.2. The standard InChI is InChI=1S/C57H36N2O2/c1-3-13-45(14-4-1)57(46-15-5-2-6-16-46)49-18-8-7-17-47(49)48-32-31-41(36-50(48)57)44-34-42(37-23-27-39(28-24-37)55-58-51-19-9-11-21-53(51)60-55)33-43(35-44)38-25-29-40(30-26-38)56-59-52-20-10-12-22-54(52)61-56/h1-36H. The molecule has 12 rings (SSSR count). The van der Waals surface area contributed by atoms with Crippen molar-refractivity contribution in [3.05, 3.63) is 241 Å². The molecule has 0 aliphatic heterocycles. The highest BCUT2D eigenvalue weighted by Gasteiger charge is 2.46. The zero-order valence-electron chi connectivity index (χ0n) is 33.0. The first-order valence-corrected chi connectivity index (χ1v) is 20.6. The van der Waals surface area contributed by atoms with Crippen molar-refractivity contribution in [2.45, 2.75) is 5.41 Å². The van der Waals surface area contributed by atoms with Crippen molar-refractivity contribution < 1.29 is 8.83 Å². The number of hydrogen-bond donors (Lipinski definition) is 0. The molecule has 0 spiro atoms. The quantitative estimate of drug-likeness (QED) is 0.162. The number of aromatic nitrogens is 2. The lowest BCUT2D eigenvalue weighted by molar-refractivity contribution is 0.619. The molecule has 0 unspecified atom stereocenters. The van der Waals surface area contributed by atoms with Gasteiger partial charge in [0.05, 0.1) is 5.41 Å². The maximum atomic E-state index is 6.13. The van der Waals surface area contributed by atoms with E-state index in [-0.39, 0.29) is 0 Å². The minimum absolute atomic E-state index is 0.494. The summed E-state index contributed by atoms with van der Waals surface area (Å²) < 4.78 is 12.3. The Labute approximate surface area is 353 Å². The van der Waals surface area contributed by atoms with Crippen LogP contribution in [-0.2, 0) is 5.41 Å². The highest BCUT2D eigenvalue weighted by Crippen LogP contribution is 2.56. The van der Waals surface area contributed by atoms with E-state index in [0.29, 0.717) is 11.8 Å². The third-order valence-corrected chi connectivity index (χ3v) is 12.2. The van der Waals surface area contributed by atoms with Crippen LogP contribution < -0.4 is 0 Å². The van der Waals surface area contributed by atoms with E-state index in [1.807, 2.05) is 48.5 Å². The van der Waals surface area contributed by atoms with Gasteiger partial charge in [0.1, 0.15) is 11.0 Å². The fraction of sp³-hybridized carbons (Fsp3) is 0.0175. The molecule has 0 N–H and O–H groups in total. The summed E-state index contributed by atoms with van der Waals surface area (Å²) in [4.78, 5) is 9.51. The minimum Gasteiger partial charge on any atom is -0.436 e. The predicted octanol–water partition coefficient (Wildman–Crippen LogP) is 14.7. The molecular formula is C57H36N2O2. The molecule has 2 aromatic heterocycles. The summed E-state index contributed by atoms with van der Waals surface area (Å²) in [7, 11) is 0. The zero-order valence-corrected chi connectivity index (χ0v) is 33.0. The molecule has 0 amide bonds. The molecule has 0 saturated heterocycles. The third kappa shape index (κ3) is 5.76. The van der Waals surface area contributed by atoms with Crippen LogP contribution in [0.15, 0.2) is 227 Å². The molecule has 0 fully saturated rings. The number of nitrogens with zero attached hydrogens (tertiary/aromatic N) is 2. The molecule has 4 heteroatoms. The molecule has 1 aliphatic rings. The van der Waals surface area contributed by atoms with Crippen LogP contribution in [0.5, 0.6) is 0 Å². The Kier molecular flexibility index (Phi) is 8.04. The van der Waals surface area contributed by atoms with Gasteiger partial charge in [-0.15, -0.1) is 0 Å².